The first kappa shape index (κ1) is 16.8. The van der Waals surface area contributed by atoms with Crippen molar-refractivity contribution in [2.24, 2.45) is 0 Å². The zero-order chi connectivity index (χ0) is 16.5. The summed E-state index contributed by atoms with van der Waals surface area (Å²) in [6.07, 6.45) is 0. The van der Waals surface area contributed by atoms with E-state index in [1.165, 1.54) is 7.11 Å². The van der Waals surface area contributed by atoms with Crippen LogP contribution in [0, 0.1) is 0 Å². The minimum absolute atomic E-state index is 0.402. The van der Waals surface area contributed by atoms with Gasteiger partial charge < -0.3 is 18.8 Å². The van der Waals surface area contributed by atoms with Crippen LogP contribution >= 0.6 is 0 Å². The molecule has 1 aromatic rings. The predicted molar refractivity (Wildman–Crippen MR) is 84.7 cm³/mol. The van der Waals surface area contributed by atoms with Crippen LogP contribution in [-0.4, -0.2) is 38.0 Å². The zero-order valence-corrected chi connectivity index (χ0v) is 14.1. The van der Waals surface area contributed by atoms with E-state index in [0.717, 1.165) is 0 Å². The molecular formula is C16H23BO5. The van der Waals surface area contributed by atoms with Gasteiger partial charge in [0.2, 0.25) is 0 Å². The predicted octanol–water partition coefficient (Wildman–Crippen LogP) is 2.17. The van der Waals surface area contributed by atoms with Crippen molar-refractivity contribution in [2.45, 2.75) is 45.8 Å². The second kappa shape index (κ2) is 5.93. The smallest absolute Gasteiger partial charge is 0.494 e. The van der Waals surface area contributed by atoms with E-state index in [1.54, 1.807) is 18.2 Å². The molecule has 0 unspecified atom stereocenters. The minimum atomic E-state index is -0.587. The number of methoxy groups -OCH3 is 1. The molecular weight excluding hydrogens is 283 g/mol. The fourth-order valence-electron chi connectivity index (χ4n) is 2.23. The molecule has 0 atom stereocenters. The lowest BCUT2D eigenvalue weighted by atomic mass is 9.77. The van der Waals surface area contributed by atoms with E-state index < -0.39 is 24.3 Å². The molecule has 2 rings (SSSR count). The van der Waals surface area contributed by atoms with Gasteiger partial charge in [-0.1, -0.05) is 0 Å². The Hall–Kier alpha value is -1.53. The summed E-state index contributed by atoms with van der Waals surface area (Å²) < 4.78 is 22.5. The summed E-state index contributed by atoms with van der Waals surface area (Å²) in [5.74, 6) is 0.245. The maximum atomic E-state index is 11.8. The quantitative estimate of drug-likeness (QED) is 0.630. The van der Waals surface area contributed by atoms with Crippen LogP contribution in [0.15, 0.2) is 18.2 Å². The summed E-state index contributed by atoms with van der Waals surface area (Å²) in [4.78, 5) is 11.8. The minimum Gasteiger partial charge on any atom is -0.494 e. The summed E-state index contributed by atoms with van der Waals surface area (Å²) in [5, 5.41) is 0. The maximum Gasteiger partial charge on any atom is 0.498 e. The summed E-state index contributed by atoms with van der Waals surface area (Å²) in [7, 11) is 0.768. The van der Waals surface area contributed by atoms with E-state index in [2.05, 4.69) is 0 Å². The van der Waals surface area contributed by atoms with Gasteiger partial charge in [0.15, 0.2) is 0 Å². The maximum absolute atomic E-state index is 11.8. The molecule has 1 fully saturated rings. The lowest BCUT2D eigenvalue weighted by Crippen LogP contribution is -2.41. The molecule has 0 aromatic heterocycles. The Morgan fingerprint density at radius 1 is 1.18 bits per heavy atom. The normalized spacial score (nSPS) is 19.1. The lowest BCUT2D eigenvalue weighted by molar-refractivity contribution is 0.00578. The summed E-state index contributed by atoms with van der Waals surface area (Å²) in [5.41, 5.74) is 0.226. The highest BCUT2D eigenvalue weighted by molar-refractivity contribution is 6.63. The van der Waals surface area contributed by atoms with E-state index >= 15 is 0 Å². The first-order valence-corrected chi connectivity index (χ1v) is 7.42. The van der Waals surface area contributed by atoms with Crippen molar-refractivity contribution in [3.05, 3.63) is 23.8 Å². The number of benzene rings is 1. The second-order valence-corrected chi connectivity index (χ2v) is 6.27. The van der Waals surface area contributed by atoms with Gasteiger partial charge in [-0.25, -0.2) is 4.79 Å². The fourth-order valence-corrected chi connectivity index (χ4v) is 2.23. The summed E-state index contributed by atoms with van der Waals surface area (Å²) in [6.45, 7) is 10.4. The van der Waals surface area contributed by atoms with Crippen molar-refractivity contribution < 1.29 is 23.6 Å². The monoisotopic (exact) mass is 306 g/mol. The molecule has 0 aliphatic carbocycles. The molecule has 0 N–H and O–H groups in total. The average molecular weight is 306 g/mol. The number of carbonyl (C=O) groups excluding carboxylic acids is 1. The Balaban J connectivity index is 2.42. The molecule has 0 radical (unpaired) electrons. The standard InChI is InChI=1S/C16H23BO5/c1-7-20-13-9-8-11(14(18)19-6)10-12(13)17-21-15(2,3)16(4,5)22-17/h8-10H,7H2,1-6H3. The van der Waals surface area contributed by atoms with Crippen LogP contribution < -0.4 is 10.2 Å². The first-order valence-electron chi connectivity index (χ1n) is 7.42. The molecule has 6 heteroatoms. The number of rotatable bonds is 4. The van der Waals surface area contributed by atoms with Crippen molar-refractivity contribution in [2.75, 3.05) is 13.7 Å². The Bertz CT molecular complexity index is 552. The molecule has 0 spiro atoms. The summed E-state index contributed by atoms with van der Waals surface area (Å²) >= 11 is 0. The molecule has 1 saturated heterocycles. The van der Waals surface area contributed by atoms with Gasteiger partial charge in [0, 0.05) is 5.46 Å². The molecule has 22 heavy (non-hydrogen) atoms. The third kappa shape index (κ3) is 2.98. The van der Waals surface area contributed by atoms with Crippen molar-refractivity contribution >= 4 is 18.6 Å². The molecule has 0 amide bonds. The number of hydrogen-bond donors (Lipinski definition) is 0. The van der Waals surface area contributed by atoms with Crippen molar-refractivity contribution in [3.63, 3.8) is 0 Å². The van der Waals surface area contributed by atoms with Crippen LogP contribution in [0.4, 0.5) is 0 Å². The van der Waals surface area contributed by atoms with Crippen LogP contribution in [-0.2, 0) is 14.0 Å². The van der Waals surface area contributed by atoms with Gasteiger partial charge in [0.05, 0.1) is 30.5 Å². The third-order valence-electron chi connectivity index (χ3n) is 4.24. The topological polar surface area (TPSA) is 54.0 Å². The molecule has 0 saturated carbocycles. The molecule has 1 heterocycles. The Morgan fingerprint density at radius 3 is 2.27 bits per heavy atom. The molecule has 1 aliphatic heterocycles. The lowest BCUT2D eigenvalue weighted by Gasteiger charge is -2.32. The Morgan fingerprint density at radius 2 is 1.77 bits per heavy atom. The largest absolute Gasteiger partial charge is 0.498 e. The van der Waals surface area contributed by atoms with E-state index in [4.69, 9.17) is 18.8 Å². The Labute approximate surface area is 132 Å². The van der Waals surface area contributed by atoms with Gasteiger partial charge in [0.25, 0.3) is 0 Å². The molecule has 1 aliphatic rings. The van der Waals surface area contributed by atoms with Gasteiger partial charge in [0.1, 0.15) is 5.75 Å². The van der Waals surface area contributed by atoms with Gasteiger partial charge in [-0.05, 0) is 52.8 Å². The molecule has 5 nitrogen and oxygen atoms in total. The first-order chi connectivity index (χ1) is 10.2. The van der Waals surface area contributed by atoms with Crippen LogP contribution in [0.2, 0.25) is 0 Å². The van der Waals surface area contributed by atoms with Crippen LogP contribution in [0.1, 0.15) is 45.0 Å². The van der Waals surface area contributed by atoms with Crippen LogP contribution in [0.25, 0.3) is 0 Å². The van der Waals surface area contributed by atoms with Gasteiger partial charge in [-0.2, -0.15) is 0 Å². The number of carbonyl (C=O) groups is 1. The average Bonchev–Trinajstić information content (AvgIpc) is 2.67. The zero-order valence-electron chi connectivity index (χ0n) is 14.1. The number of hydrogen-bond acceptors (Lipinski definition) is 5. The fraction of sp³-hybridized carbons (Fsp3) is 0.562. The van der Waals surface area contributed by atoms with Crippen LogP contribution in [0.5, 0.6) is 5.75 Å². The summed E-state index contributed by atoms with van der Waals surface area (Å²) in [6, 6.07) is 5.13. The van der Waals surface area contributed by atoms with Gasteiger partial charge in [-0.15, -0.1) is 0 Å². The molecule has 0 bridgehead atoms. The highest BCUT2D eigenvalue weighted by atomic mass is 16.7. The van der Waals surface area contributed by atoms with E-state index in [-0.39, 0.29) is 0 Å². The number of esters is 1. The Kier molecular flexibility index (Phi) is 4.54. The van der Waals surface area contributed by atoms with E-state index in [0.29, 0.717) is 23.4 Å². The van der Waals surface area contributed by atoms with Gasteiger partial charge >= 0.3 is 13.1 Å². The number of ether oxygens (including phenoxy) is 2. The second-order valence-electron chi connectivity index (χ2n) is 6.27. The highest BCUT2D eigenvalue weighted by Crippen LogP contribution is 2.37. The SMILES string of the molecule is CCOc1ccc(C(=O)OC)cc1B1OC(C)(C)C(C)(C)O1. The van der Waals surface area contributed by atoms with Crippen molar-refractivity contribution in [1.29, 1.82) is 0 Å². The van der Waals surface area contributed by atoms with E-state index in [9.17, 15) is 4.79 Å². The van der Waals surface area contributed by atoms with Crippen molar-refractivity contribution in [1.82, 2.24) is 0 Å². The molecule has 1 aromatic carbocycles. The van der Waals surface area contributed by atoms with Crippen molar-refractivity contribution in [3.8, 4) is 5.75 Å². The third-order valence-corrected chi connectivity index (χ3v) is 4.24. The molecule has 120 valence electrons. The van der Waals surface area contributed by atoms with E-state index in [1.807, 2.05) is 34.6 Å². The van der Waals surface area contributed by atoms with Gasteiger partial charge in [-0.3, -0.25) is 0 Å². The highest BCUT2D eigenvalue weighted by Gasteiger charge is 2.52. The van der Waals surface area contributed by atoms with Crippen LogP contribution in [0.3, 0.4) is 0 Å².